The van der Waals surface area contributed by atoms with Crippen LogP contribution in [-0.2, 0) is 0 Å². The van der Waals surface area contributed by atoms with Crippen LogP contribution < -0.4 is 21.7 Å². The van der Waals surface area contributed by atoms with Crippen molar-refractivity contribution in [2.75, 3.05) is 12.8 Å². The van der Waals surface area contributed by atoms with Gasteiger partial charge in [0.05, 0.1) is 24.2 Å². The first-order chi connectivity index (χ1) is 12.9. The molecule has 3 rings (SSSR count). The van der Waals surface area contributed by atoms with E-state index in [1.54, 1.807) is 55.5 Å². The molecule has 3 aromatic rings. The molecule has 0 atom stereocenters. The lowest BCUT2D eigenvalue weighted by Crippen LogP contribution is -2.32. The molecule has 2 aromatic carbocycles. The van der Waals surface area contributed by atoms with Gasteiger partial charge in [0.1, 0.15) is 11.3 Å². The highest BCUT2D eigenvalue weighted by Crippen LogP contribution is 2.22. The maximum atomic E-state index is 12.3. The number of aliphatic imine (C=N–C) groups is 1. The van der Waals surface area contributed by atoms with E-state index in [1.165, 1.54) is 7.11 Å². The SMILES string of the molecule is COc1ccc(-n2c(O)c(C(C)=Nc3cccc(N)c3)c(=O)[nH]c2=O)cc1. The van der Waals surface area contributed by atoms with Crippen molar-refractivity contribution >= 4 is 17.1 Å². The normalized spacial score (nSPS) is 11.4. The van der Waals surface area contributed by atoms with Gasteiger partial charge in [-0.25, -0.2) is 9.36 Å². The molecule has 8 heteroatoms. The zero-order valence-corrected chi connectivity index (χ0v) is 14.8. The van der Waals surface area contributed by atoms with Gasteiger partial charge < -0.3 is 15.6 Å². The summed E-state index contributed by atoms with van der Waals surface area (Å²) in [5.74, 6) is 0.0921. The van der Waals surface area contributed by atoms with Gasteiger partial charge in [-0.3, -0.25) is 14.8 Å². The van der Waals surface area contributed by atoms with Crippen LogP contribution in [0.3, 0.4) is 0 Å². The van der Waals surface area contributed by atoms with Gasteiger partial charge in [-0.2, -0.15) is 0 Å². The number of rotatable bonds is 4. The third kappa shape index (κ3) is 3.59. The fraction of sp³-hybridized carbons (Fsp3) is 0.105. The summed E-state index contributed by atoms with van der Waals surface area (Å²) in [7, 11) is 1.52. The van der Waals surface area contributed by atoms with Crippen molar-refractivity contribution in [2.45, 2.75) is 6.92 Å². The van der Waals surface area contributed by atoms with Gasteiger partial charge in [0, 0.05) is 5.69 Å². The number of aromatic hydroxyl groups is 1. The smallest absolute Gasteiger partial charge is 0.335 e. The number of aromatic nitrogens is 2. The molecular formula is C19H18N4O4. The molecule has 0 bridgehead atoms. The minimum atomic E-state index is -0.761. The highest BCUT2D eigenvalue weighted by atomic mass is 16.5. The lowest BCUT2D eigenvalue weighted by Gasteiger charge is -2.12. The van der Waals surface area contributed by atoms with E-state index in [2.05, 4.69) is 9.98 Å². The van der Waals surface area contributed by atoms with Crippen molar-refractivity contribution in [1.29, 1.82) is 0 Å². The van der Waals surface area contributed by atoms with Crippen LogP contribution in [0.15, 0.2) is 63.1 Å². The van der Waals surface area contributed by atoms with Gasteiger partial charge in [0.2, 0.25) is 5.88 Å². The Morgan fingerprint density at radius 1 is 1.19 bits per heavy atom. The number of nitrogen functional groups attached to an aromatic ring is 1. The minimum absolute atomic E-state index is 0.104. The van der Waals surface area contributed by atoms with Crippen LogP contribution in [0.25, 0.3) is 5.69 Å². The fourth-order valence-corrected chi connectivity index (χ4v) is 2.67. The van der Waals surface area contributed by atoms with E-state index in [0.29, 0.717) is 22.8 Å². The number of nitrogens with two attached hydrogens (primary N) is 1. The first-order valence-electron chi connectivity index (χ1n) is 8.04. The molecular weight excluding hydrogens is 348 g/mol. The predicted octanol–water partition coefficient (Wildman–Crippen LogP) is 1.96. The number of nitrogens with one attached hydrogen (secondary N) is 1. The fourth-order valence-electron chi connectivity index (χ4n) is 2.67. The van der Waals surface area contributed by atoms with Crippen molar-refractivity contribution < 1.29 is 9.84 Å². The van der Waals surface area contributed by atoms with E-state index in [1.807, 2.05) is 0 Å². The average Bonchev–Trinajstić information content (AvgIpc) is 2.62. The van der Waals surface area contributed by atoms with Crippen LogP contribution in [0.5, 0.6) is 11.6 Å². The predicted molar refractivity (Wildman–Crippen MR) is 104 cm³/mol. The van der Waals surface area contributed by atoms with E-state index < -0.39 is 17.1 Å². The lowest BCUT2D eigenvalue weighted by atomic mass is 10.2. The van der Waals surface area contributed by atoms with Crippen LogP contribution in [0.4, 0.5) is 11.4 Å². The molecule has 0 amide bonds. The number of ether oxygens (including phenoxy) is 1. The highest BCUT2D eigenvalue weighted by Gasteiger charge is 2.18. The Hall–Kier alpha value is -3.81. The second kappa shape index (κ2) is 7.20. The lowest BCUT2D eigenvalue weighted by molar-refractivity contribution is 0.414. The van der Waals surface area contributed by atoms with E-state index >= 15 is 0 Å². The summed E-state index contributed by atoms with van der Waals surface area (Å²) in [5.41, 5.74) is 5.79. The van der Waals surface area contributed by atoms with Crippen molar-refractivity contribution in [1.82, 2.24) is 9.55 Å². The first kappa shape index (κ1) is 18.0. The number of anilines is 1. The molecule has 27 heavy (non-hydrogen) atoms. The second-order valence-corrected chi connectivity index (χ2v) is 5.78. The number of nitrogens with zero attached hydrogens (tertiary/aromatic N) is 2. The first-order valence-corrected chi connectivity index (χ1v) is 8.04. The van der Waals surface area contributed by atoms with E-state index in [0.717, 1.165) is 4.57 Å². The Bertz CT molecular complexity index is 1130. The molecule has 1 aromatic heterocycles. The Morgan fingerprint density at radius 2 is 1.89 bits per heavy atom. The van der Waals surface area contributed by atoms with Crippen LogP contribution in [0.2, 0.25) is 0 Å². The average molecular weight is 366 g/mol. The zero-order chi connectivity index (χ0) is 19.6. The van der Waals surface area contributed by atoms with Crippen LogP contribution in [0.1, 0.15) is 12.5 Å². The number of aromatic amines is 1. The summed E-state index contributed by atoms with van der Waals surface area (Å²) in [4.78, 5) is 31.1. The Labute approximate surface area is 154 Å². The largest absolute Gasteiger partial charge is 0.497 e. The third-order valence-electron chi connectivity index (χ3n) is 3.95. The van der Waals surface area contributed by atoms with Gasteiger partial charge in [-0.1, -0.05) is 6.07 Å². The molecule has 8 nitrogen and oxygen atoms in total. The Balaban J connectivity index is 2.16. The number of methoxy groups -OCH3 is 1. The zero-order valence-electron chi connectivity index (χ0n) is 14.8. The summed E-state index contributed by atoms with van der Waals surface area (Å²) in [6.45, 7) is 1.57. The quantitative estimate of drug-likeness (QED) is 0.481. The molecule has 138 valence electrons. The maximum Gasteiger partial charge on any atom is 0.335 e. The molecule has 4 N–H and O–H groups in total. The van der Waals surface area contributed by atoms with Crippen molar-refractivity contribution in [3.05, 3.63) is 74.9 Å². The molecule has 0 saturated carbocycles. The summed E-state index contributed by atoms with van der Waals surface area (Å²) < 4.78 is 6.08. The van der Waals surface area contributed by atoms with E-state index in [4.69, 9.17) is 10.5 Å². The van der Waals surface area contributed by atoms with Crippen LogP contribution >= 0.6 is 0 Å². The van der Waals surface area contributed by atoms with Gasteiger partial charge in [0.25, 0.3) is 5.56 Å². The third-order valence-corrected chi connectivity index (χ3v) is 3.95. The van der Waals surface area contributed by atoms with Crippen molar-refractivity contribution in [3.8, 4) is 17.3 Å². The van der Waals surface area contributed by atoms with Crippen molar-refractivity contribution in [2.24, 2.45) is 4.99 Å². The molecule has 0 fully saturated rings. The van der Waals surface area contributed by atoms with Gasteiger partial charge in [0.15, 0.2) is 0 Å². The number of hydrogen-bond donors (Lipinski definition) is 3. The topological polar surface area (TPSA) is 123 Å². The van der Waals surface area contributed by atoms with Crippen LogP contribution in [-0.4, -0.2) is 27.5 Å². The summed E-state index contributed by atoms with van der Waals surface area (Å²) in [6, 6.07) is 13.2. The van der Waals surface area contributed by atoms with Gasteiger partial charge in [-0.05, 0) is 49.4 Å². The maximum absolute atomic E-state index is 12.3. The minimum Gasteiger partial charge on any atom is -0.497 e. The molecule has 0 aliphatic heterocycles. The molecule has 0 spiro atoms. The summed E-state index contributed by atoms with van der Waals surface area (Å²) in [5, 5.41) is 10.6. The van der Waals surface area contributed by atoms with E-state index in [9.17, 15) is 14.7 Å². The highest BCUT2D eigenvalue weighted by molar-refractivity contribution is 6.01. The Morgan fingerprint density at radius 3 is 2.52 bits per heavy atom. The summed E-state index contributed by atoms with van der Waals surface area (Å²) >= 11 is 0. The molecule has 0 saturated heterocycles. The number of H-pyrrole nitrogens is 1. The number of benzene rings is 2. The molecule has 1 heterocycles. The molecule has 0 radical (unpaired) electrons. The van der Waals surface area contributed by atoms with Crippen molar-refractivity contribution in [3.63, 3.8) is 0 Å². The molecule has 0 aliphatic rings. The Kier molecular flexibility index (Phi) is 4.80. The monoisotopic (exact) mass is 366 g/mol. The summed E-state index contributed by atoms with van der Waals surface area (Å²) in [6.07, 6.45) is 0. The van der Waals surface area contributed by atoms with Gasteiger partial charge >= 0.3 is 5.69 Å². The van der Waals surface area contributed by atoms with Gasteiger partial charge in [-0.15, -0.1) is 0 Å². The van der Waals surface area contributed by atoms with Crippen LogP contribution in [0, 0.1) is 0 Å². The van der Waals surface area contributed by atoms with E-state index in [-0.39, 0.29) is 11.3 Å². The molecule has 0 aliphatic carbocycles. The molecule has 0 unspecified atom stereocenters. The number of hydrogen-bond acceptors (Lipinski definition) is 6. The second-order valence-electron chi connectivity index (χ2n) is 5.78. The standard InChI is InChI=1S/C19H18N4O4/c1-11(21-13-5-3-4-12(20)10-13)16-17(24)22-19(26)23(18(16)25)14-6-8-15(27-2)9-7-14/h3-10,25H,20H2,1-2H3,(H,22,24,26).